The Morgan fingerprint density at radius 2 is 2.00 bits per heavy atom. The van der Waals surface area contributed by atoms with Crippen molar-refractivity contribution in [2.24, 2.45) is 0 Å². The van der Waals surface area contributed by atoms with Gasteiger partial charge in [-0.25, -0.2) is 0 Å². The minimum absolute atomic E-state index is 0.114. The van der Waals surface area contributed by atoms with E-state index in [4.69, 9.17) is 0 Å². The van der Waals surface area contributed by atoms with E-state index >= 15 is 0 Å². The Bertz CT molecular complexity index is 191. The lowest BCUT2D eigenvalue weighted by atomic mass is 10.4. The molecule has 0 atom stereocenters. The summed E-state index contributed by atoms with van der Waals surface area (Å²) in [5, 5.41) is 6.03. The molecule has 0 aromatic rings. The van der Waals surface area contributed by atoms with Crippen LogP contribution in [-0.4, -0.2) is 50.1 Å². The molecule has 4 nitrogen and oxygen atoms in total. The van der Waals surface area contributed by atoms with Gasteiger partial charge in [0.2, 0.25) is 5.91 Å². The van der Waals surface area contributed by atoms with E-state index in [2.05, 4.69) is 22.5 Å². The van der Waals surface area contributed by atoms with Crippen LogP contribution < -0.4 is 10.6 Å². The predicted molar refractivity (Wildman–Crippen MR) is 66.5 cm³/mol. The molecule has 0 spiro atoms. The van der Waals surface area contributed by atoms with Crippen LogP contribution in [0.4, 0.5) is 0 Å². The summed E-state index contributed by atoms with van der Waals surface area (Å²) in [7, 11) is 0. The first kappa shape index (κ1) is 13.5. The van der Waals surface area contributed by atoms with Crippen molar-refractivity contribution in [1.82, 2.24) is 15.5 Å². The monoisotopic (exact) mass is 227 g/mol. The lowest BCUT2D eigenvalue weighted by molar-refractivity contribution is -0.120. The lowest BCUT2D eigenvalue weighted by Crippen LogP contribution is -2.35. The van der Waals surface area contributed by atoms with E-state index in [1.165, 1.54) is 32.5 Å². The minimum Gasteiger partial charge on any atom is -0.355 e. The van der Waals surface area contributed by atoms with Gasteiger partial charge in [-0.3, -0.25) is 4.79 Å². The van der Waals surface area contributed by atoms with Gasteiger partial charge in [0.25, 0.3) is 0 Å². The lowest BCUT2D eigenvalue weighted by Gasteiger charge is -2.14. The molecule has 1 heterocycles. The fraction of sp³-hybridized carbons (Fsp3) is 0.917. The summed E-state index contributed by atoms with van der Waals surface area (Å²) >= 11 is 0. The third kappa shape index (κ3) is 6.08. The Hall–Kier alpha value is -0.610. The first-order chi connectivity index (χ1) is 7.83. The Kier molecular flexibility index (Phi) is 7.17. The van der Waals surface area contributed by atoms with Crippen molar-refractivity contribution in [2.45, 2.75) is 32.6 Å². The summed E-state index contributed by atoms with van der Waals surface area (Å²) in [5.74, 6) is 0.114. The molecule has 1 rings (SSSR count). The average molecular weight is 227 g/mol. The van der Waals surface area contributed by atoms with Crippen LogP contribution in [-0.2, 0) is 4.79 Å². The first-order valence-electron chi connectivity index (χ1n) is 6.52. The van der Waals surface area contributed by atoms with Gasteiger partial charge in [0, 0.05) is 6.54 Å². The number of rotatable bonds is 8. The van der Waals surface area contributed by atoms with Crippen LogP contribution in [0.15, 0.2) is 0 Å². The Balaban J connectivity index is 1.85. The molecule has 2 N–H and O–H groups in total. The first-order valence-corrected chi connectivity index (χ1v) is 6.52. The molecule has 1 amide bonds. The highest BCUT2D eigenvalue weighted by molar-refractivity contribution is 5.77. The summed E-state index contributed by atoms with van der Waals surface area (Å²) < 4.78 is 0. The van der Waals surface area contributed by atoms with Gasteiger partial charge in [-0.15, -0.1) is 0 Å². The molecule has 1 saturated heterocycles. The molecule has 0 aromatic carbocycles. The molecule has 0 radical (unpaired) electrons. The Morgan fingerprint density at radius 3 is 2.69 bits per heavy atom. The van der Waals surface area contributed by atoms with Crippen molar-refractivity contribution in [1.29, 1.82) is 0 Å². The maximum atomic E-state index is 11.2. The van der Waals surface area contributed by atoms with Crippen molar-refractivity contribution >= 4 is 5.91 Å². The highest BCUT2D eigenvalue weighted by atomic mass is 16.1. The van der Waals surface area contributed by atoms with Gasteiger partial charge in [0.1, 0.15) is 0 Å². The predicted octanol–water partition coefficient (Wildman–Crippen LogP) is 0.588. The van der Waals surface area contributed by atoms with E-state index in [-0.39, 0.29) is 5.91 Å². The Labute approximate surface area is 98.8 Å². The topological polar surface area (TPSA) is 44.4 Å². The molecule has 0 bridgehead atoms. The highest BCUT2D eigenvalue weighted by Gasteiger charge is 2.09. The fourth-order valence-electron chi connectivity index (χ4n) is 1.96. The van der Waals surface area contributed by atoms with Crippen LogP contribution in [0.25, 0.3) is 0 Å². The molecule has 0 aliphatic carbocycles. The summed E-state index contributed by atoms with van der Waals surface area (Å²) in [4.78, 5) is 13.7. The van der Waals surface area contributed by atoms with Crippen LogP contribution in [0, 0.1) is 0 Å². The van der Waals surface area contributed by atoms with Crippen molar-refractivity contribution in [3.8, 4) is 0 Å². The Morgan fingerprint density at radius 1 is 1.25 bits per heavy atom. The quantitative estimate of drug-likeness (QED) is 0.597. The number of carbonyl (C=O) groups is 1. The molecular weight excluding hydrogens is 202 g/mol. The number of amides is 1. The van der Waals surface area contributed by atoms with E-state index in [9.17, 15) is 4.79 Å². The molecule has 0 unspecified atom stereocenters. The van der Waals surface area contributed by atoms with E-state index in [1.54, 1.807) is 0 Å². The van der Waals surface area contributed by atoms with E-state index in [0.717, 1.165) is 25.9 Å². The van der Waals surface area contributed by atoms with Crippen molar-refractivity contribution in [3.63, 3.8) is 0 Å². The molecule has 0 aromatic heterocycles. The zero-order valence-electron chi connectivity index (χ0n) is 10.4. The standard InChI is InChI=1S/C12H25N3O/c1-2-6-14-12(16)11-13-7-5-10-15-8-3-4-9-15/h13H,2-11H2,1H3,(H,14,16). The molecule has 1 aliphatic rings. The van der Waals surface area contributed by atoms with Gasteiger partial charge in [0.05, 0.1) is 6.54 Å². The normalized spacial score (nSPS) is 16.6. The zero-order chi connectivity index (χ0) is 11.6. The number of likely N-dealkylation sites (tertiary alicyclic amines) is 1. The van der Waals surface area contributed by atoms with Gasteiger partial charge in [-0.1, -0.05) is 6.92 Å². The minimum atomic E-state index is 0.114. The van der Waals surface area contributed by atoms with E-state index in [0.29, 0.717) is 6.54 Å². The average Bonchev–Trinajstić information content (AvgIpc) is 2.79. The van der Waals surface area contributed by atoms with Gasteiger partial charge in [0.15, 0.2) is 0 Å². The highest BCUT2D eigenvalue weighted by Crippen LogP contribution is 2.06. The summed E-state index contributed by atoms with van der Waals surface area (Å²) in [5.41, 5.74) is 0. The fourth-order valence-corrected chi connectivity index (χ4v) is 1.96. The maximum Gasteiger partial charge on any atom is 0.233 e. The second-order valence-corrected chi connectivity index (χ2v) is 4.43. The zero-order valence-corrected chi connectivity index (χ0v) is 10.4. The maximum absolute atomic E-state index is 11.2. The summed E-state index contributed by atoms with van der Waals surface area (Å²) in [6.45, 7) is 7.94. The molecule has 1 fully saturated rings. The number of hydrogen-bond acceptors (Lipinski definition) is 3. The van der Waals surface area contributed by atoms with Crippen LogP contribution in [0.1, 0.15) is 32.6 Å². The summed E-state index contributed by atoms with van der Waals surface area (Å²) in [6, 6.07) is 0. The van der Waals surface area contributed by atoms with Gasteiger partial charge >= 0.3 is 0 Å². The van der Waals surface area contributed by atoms with Crippen molar-refractivity contribution in [3.05, 3.63) is 0 Å². The number of carbonyl (C=O) groups excluding carboxylic acids is 1. The van der Waals surface area contributed by atoms with Crippen LogP contribution in [0.3, 0.4) is 0 Å². The molecule has 94 valence electrons. The van der Waals surface area contributed by atoms with E-state index in [1.807, 2.05) is 0 Å². The molecule has 1 aliphatic heterocycles. The SMILES string of the molecule is CCCNC(=O)CNCCCN1CCCC1. The van der Waals surface area contributed by atoms with Gasteiger partial charge in [-0.05, 0) is 51.9 Å². The number of nitrogens with zero attached hydrogens (tertiary/aromatic N) is 1. The molecular formula is C12H25N3O. The second kappa shape index (κ2) is 8.53. The number of nitrogens with one attached hydrogen (secondary N) is 2. The second-order valence-electron chi connectivity index (χ2n) is 4.43. The largest absolute Gasteiger partial charge is 0.355 e. The smallest absolute Gasteiger partial charge is 0.233 e. The third-order valence-corrected chi connectivity index (χ3v) is 2.88. The summed E-state index contributed by atoms with van der Waals surface area (Å²) in [6.07, 6.45) is 4.85. The van der Waals surface area contributed by atoms with E-state index < -0.39 is 0 Å². The number of hydrogen-bond donors (Lipinski definition) is 2. The van der Waals surface area contributed by atoms with Gasteiger partial charge < -0.3 is 15.5 Å². The molecule has 4 heteroatoms. The third-order valence-electron chi connectivity index (χ3n) is 2.88. The van der Waals surface area contributed by atoms with Crippen LogP contribution >= 0.6 is 0 Å². The van der Waals surface area contributed by atoms with Gasteiger partial charge in [-0.2, -0.15) is 0 Å². The molecule has 0 saturated carbocycles. The van der Waals surface area contributed by atoms with Crippen molar-refractivity contribution in [2.75, 3.05) is 39.3 Å². The van der Waals surface area contributed by atoms with Crippen LogP contribution in [0.5, 0.6) is 0 Å². The molecule has 16 heavy (non-hydrogen) atoms. The van der Waals surface area contributed by atoms with Crippen LogP contribution in [0.2, 0.25) is 0 Å². The van der Waals surface area contributed by atoms with Crippen molar-refractivity contribution < 1.29 is 4.79 Å².